The van der Waals surface area contributed by atoms with Crippen LogP contribution in [0.3, 0.4) is 0 Å². The zero-order valence-corrected chi connectivity index (χ0v) is 5.92. The van der Waals surface area contributed by atoms with Gasteiger partial charge in [-0.15, -0.1) is 0 Å². The average Bonchev–Trinajstić information content (AvgIpc) is 2.05. The largest absolute Gasteiger partial charge is 0.481 e. The van der Waals surface area contributed by atoms with Gasteiger partial charge >= 0.3 is 6.35 Å². The summed E-state index contributed by atoms with van der Waals surface area (Å²) in [5.41, 5.74) is 0. The smallest absolute Gasteiger partial charge is 0.312 e. The van der Waals surface area contributed by atoms with Gasteiger partial charge in [-0.1, -0.05) is 0 Å². The highest BCUT2D eigenvalue weighted by molar-refractivity contribution is 5.88. The van der Waals surface area contributed by atoms with Crippen LogP contribution < -0.4 is 5.32 Å². The molecule has 1 heterocycles. The van der Waals surface area contributed by atoms with Crippen molar-refractivity contribution in [3.05, 3.63) is 18.6 Å². The van der Waals surface area contributed by atoms with Crippen molar-refractivity contribution in [2.45, 2.75) is 0 Å². The number of hydrogen-bond donors (Lipinski definition) is 1. The molecule has 1 radical (unpaired) electrons. The predicted molar refractivity (Wildman–Crippen MR) is 37.0 cm³/mol. The molecule has 1 rings (SSSR count). The molecule has 0 aromatic heterocycles. The first-order valence-electron chi connectivity index (χ1n) is 2.83. The molecule has 0 atom stereocenters. The lowest BCUT2D eigenvalue weighted by molar-refractivity contribution is 0.186. The minimum Gasteiger partial charge on any atom is -0.481 e. The average molecular weight is 141 g/mol. The van der Waals surface area contributed by atoms with Crippen LogP contribution in [0.1, 0.15) is 0 Å². The molecule has 4 heteroatoms. The van der Waals surface area contributed by atoms with Crippen LogP contribution in [-0.4, -0.2) is 20.1 Å². The normalized spacial score (nSPS) is 18.0. The van der Waals surface area contributed by atoms with Gasteiger partial charge in [0.05, 0.1) is 7.11 Å². The molecule has 0 amide bonds. The number of rotatable bonds is 1. The molecule has 1 aliphatic heterocycles. The first-order valence-corrected chi connectivity index (χ1v) is 2.83. The van der Waals surface area contributed by atoms with Crippen molar-refractivity contribution in [3.63, 3.8) is 0 Å². The van der Waals surface area contributed by atoms with Gasteiger partial charge in [-0.2, -0.15) is 4.99 Å². The minimum absolute atomic E-state index is 0.444. The molecule has 0 bridgehead atoms. The fourth-order valence-electron chi connectivity index (χ4n) is 0.572. The zero-order valence-electron chi connectivity index (χ0n) is 5.92. The standard InChI is InChI=1S/C6H9N2O2/c1-9-5-3-4-7-6(8-5)10-2/h3-4,7H,1-2H3. The van der Waals surface area contributed by atoms with E-state index in [9.17, 15) is 0 Å². The van der Waals surface area contributed by atoms with Gasteiger partial charge in [0.15, 0.2) is 0 Å². The lowest BCUT2D eigenvalue weighted by Crippen LogP contribution is -2.21. The lowest BCUT2D eigenvalue weighted by atomic mass is 10.5. The van der Waals surface area contributed by atoms with Crippen LogP contribution in [0.2, 0.25) is 0 Å². The monoisotopic (exact) mass is 141 g/mol. The van der Waals surface area contributed by atoms with Crippen molar-refractivity contribution in [1.29, 1.82) is 0 Å². The third-order valence-electron chi connectivity index (χ3n) is 1.05. The molecule has 1 N–H and O–H groups in total. The Labute approximate surface area is 59.5 Å². The van der Waals surface area contributed by atoms with Crippen LogP contribution in [0.5, 0.6) is 0 Å². The van der Waals surface area contributed by atoms with E-state index in [1.807, 2.05) is 0 Å². The topological polar surface area (TPSA) is 42.9 Å². The fourth-order valence-corrected chi connectivity index (χ4v) is 0.572. The van der Waals surface area contributed by atoms with Crippen molar-refractivity contribution in [2.24, 2.45) is 4.99 Å². The summed E-state index contributed by atoms with van der Waals surface area (Å²) in [5.74, 6) is 0.538. The van der Waals surface area contributed by atoms with E-state index in [0.29, 0.717) is 12.2 Å². The first-order chi connectivity index (χ1) is 4.86. The van der Waals surface area contributed by atoms with Gasteiger partial charge in [0.1, 0.15) is 0 Å². The van der Waals surface area contributed by atoms with Gasteiger partial charge in [-0.05, 0) is 0 Å². The van der Waals surface area contributed by atoms with Crippen molar-refractivity contribution >= 4 is 5.90 Å². The molecular formula is C6H9N2O2. The Morgan fingerprint density at radius 3 is 2.80 bits per heavy atom. The molecule has 0 spiro atoms. The summed E-state index contributed by atoms with van der Waals surface area (Å²) in [4.78, 5) is 3.91. The Kier molecular flexibility index (Phi) is 2.28. The molecule has 0 aromatic carbocycles. The molecule has 0 aliphatic carbocycles. The summed E-state index contributed by atoms with van der Waals surface area (Å²) < 4.78 is 9.66. The number of nitrogens with zero attached hydrogens (tertiary/aromatic N) is 1. The Morgan fingerprint density at radius 2 is 2.20 bits per heavy atom. The molecule has 0 saturated carbocycles. The molecule has 1 aliphatic rings. The Morgan fingerprint density at radius 1 is 1.40 bits per heavy atom. The van der Waals surface area contributed by atoms with Crippen molar-refractivity contribution in [3.8, 4) is 0 Å². The van der Waals surface area contributed by atoms with Gasteiger partial charge in [0, 0.05) is 19.4 Å². The molecule has 0 fully saturated rings. The molecule has 10 heavy (non-hydrogen) atoms. The Hall–Kier alpha value is -1.03. The second-order valence-corrected chi connectivity index (χ2v) is 1.64. The third-order valence-corrected chi connectivity index (χ3v) is 1.05. The van der Waals surface area contributed by atoms with E-state index in [0.717, 1.165) is 0 Å². The molecule has 0 aromatic rings. The van der Waals surface area contributed by atoms with E-state index in [1.54, 1.807) is 19.4 Å². The maximum atomic E-state index is 4.85. The maximum Gasteiger partial charge on any atom is 0.312 e. The highest BCUT2D eigenvalue weighted by atomic mass is 16.5. The molecule has 0 unspecified atom stereocenters. The van der Waals surface area contributed by atoms with Crippen LogP contribution in [0.15, 0.2) is 17.3 Å². The van der Waals surface area contributed by atoms with Crippen molar-refractivity contribution in [1.82, 2.24) is 5.32 Å². The van der Waals surface area contributed by atoms with E-state index in [-0.39, 0.29) is 0 Å². The van der Waals surface area contributed by atoms with Crippen molar-refractivity contribution in [2.75, 3.05) is 14.2 Å². The molecule has 0 saturated heterocycles. The van der Waals surface area contributed by atoms with Gasteiger partial charge in [-0.3, -0.25) is 0 Å². The molecular weight excluding hydrogens is 132 g/mol. The van der Waals surface area contributed by atoms with E-state index in [1.165, 1.54) is 7.11 Å². The number of nitrogens with one attached hydrogen (secondary N) is 1. The zero-order chi connectivity index (χ0) is 7.40. The second kappa shape index (κ2) is 3.22. The van der Waals surface area contributed by atoms with E-state index < -0.39 is 0 Å². The van der Waals surface area contributed by atoms with Crippen LogP contribution in [0.4, 0.5) is 0 Å². The van der Waals surface area contributed by atoms with Gasteiger partial charge < -0.3 is 14.8 Å². The summed E-state index contributed by atoms with van der Waals surface area (Å²) in [5, 5.41) is 2.78. The minimum atomic E-state index is 0.444. The number of aliphatic imine (C=N–C) groups is 1. The summed E-state index contributed by atoms with van der Waals surface area (Å²) in [6.45, 7) is 0. The molecule has 4 nitrogen and oxygen atoms in total. The first kappa shape index (κ1) is 7.08. The second-order valence-electron chi connectivity index (χ2n) is 1.64. The quantitative estimate of drug-likeness (QED) is 0.569. The highest BCUT2D eigenvalue weighted by Gasteiger charge is 2.09. The summed E-state index contributed by atoms with van der Waals surface area (Å²) in [6, 6.07) is 0. The van der Waals surface area contributed by atoms with Crippen LogP contribution >= 0.6 is 0 Å². The highest BCUT2D eigenvalue weighted by Crippen LogP contribution is 2.03. The summed E-state index contributed by atoms with van der Waals surface area (Å²) in [7, 11) is 3.10. The summed E-state index contributed by atoms with van der Waals surface area (Å²) in [6.07, 6.45) is 3.85. The van der Waals surface area contributed by atoms with Crippen LogP contribution in [0.25, 0.3) is 0 Å². The van der Waals surface area contributed by atoms with Gasteiger partial charge in [-0.25, -0.2) is 0 Å². The van der Waals surface area contributed by atoms with Gasteiger partial charge in [0.2, 0.25) is 5.90 Å². The van der Waals surface area contributed by atoms with E-state index >= 15 is 0 Å². The van der Waals surface area contributed by atoms with Gasteiger partial charge in [0.25, 0.3) is 0 Å². The fraction of sp³-hybridized carbons (Fsp3) is 0.333. The van der Waals surface area contributed by atoms with Crippen LogP contribution in [0, 0.1) is 6.35 Å². The van der Waals surface area contributed by atoms with Crippen LogP contribution in [-0.2, 0) is 9.47 Å². The van der Waals surface area contributed by atoms with E-state index in [4.69, 9.17) is 9.47 Å². The van der Waals surface area contributed by atoms with E-state index in [2.05, 4.69) is 10.3 Å². The number of hydrogen-bond acceptors (Lipinski definition) is 4. The summed E-state index contributed by atoms with van der Waals surface area (Å²) >= 11 is 0. The SMILES string of the molecule is CO[C]1N=C(OC)C=CN1. The Balaban J connectivity index is 2.56. The maximum absolute atomic E-state index is 4.85. The predicted octanol–water partition coefficient (Wildman–Crippen LogP) is 0.242. The Bertz CT molecular complexity index is 165. The molecule has 55 valence electrons. The van der Waals surface area contributed by atoms with Crippen molar-refractivity contribution < 1.29 is 9.47 Å². The third kappa shape index (κ3) is 1.48. The lowest BCUT2D eigenvalue weighted by Gasteiger charge is -2.12. The number of ether oxygens (including phenoxy) is 2. The number of methoxy groups -OCH3 is 2.